The van der Waals surface area contributed by atoms with Crippen LogP contribution in [0.4, 0.5) is 0 Å². The average molecular weight is 222 g/mol. The molecule has 0 amide bonds. The van der Waals surface area contributed by atoms with E-state index in [0.29, 0.717) is 0 Å². The van der Waals surface area contributed by atoms with E-state index in [2.05, 4.69) is 6.92 Å². The molecule has 1 atom stereocenters. The van der Waals surface area contributed by atoms with Crippen molar-refractivity contribution in [3.63, 3.8) is 0 Å². The van der Waals surface area contributed by atoms with E-state index in [1.165, 1.54) is 0 Å². The van der Waals surface area contributed by atoms with Gasteiger partial charge in [-0.1, -0.05) is 19.8 Å². The molecular formula is C14H22O2. The first-order valence-corrected chi connectivity index (χ1v) is 5.93. The maximum absolute atomic E-state index is 10.0. The summed E-state index contributed by atoms with van der Waals surface area (Å²) in [6.07, 6.45) is 2.67. The molecule has 1 aromatic carbocycles. The lowest BCUT2D eigenvalue weighted by Crippen LogP contribution is -2.00. The van der Waals surface area contributed by atoms with Crippen molar-refractivity contribution in [1.29, 1.82) is 0 Å². The van der Waals surface area contributed by atoms with Crippen molar-refractivity contribution in [3.05, 3.63) is 28.8 Å². The van der Waals surface area contributed by atoms with Crippen molar-refractivity contribution in [2.75, 3.05) is 7.11 Å². The van der Waals surface area contributed by atoms with Gasteiger partial charge in [-0.15, -0.1) is 0 Å². The number of hydrogen-bond donors (Lipinski definition) is 1. The Balaban J connectivity index is 2.90. The molecule has 0 fully saturated rings. The van der Waals surface area contributed by atoms with E-state index in [1.54, 1.807) is 7.11 Å². The first kappa shape index (κ1) is 13.0. The van der Waals surface area contributed by atoms with Crippen LogP contribution in [0.15, 0.2) is 12.1 Å². The Morgan fingerprint density at radius 2 is 1.81 bits per heavy atom. The Labute approximate surface area is 98.3 Å². The molecule has 1 N–H and O–H groups in total. The molecule has 0 radical (unpaired) electrons. The molecule has 90 valence electrons. The highest BCUT2D eigenvalue weighted by atomic mass is 16.5. The van der Waals surface area contributed by atoms with Gasteiger partial charge in [0, 0.05) is 0 Å². The molecule has 0 bridgehead atoms. The van der Waals surface area contributed by atoms with E-state index >= 15 is 0 Å². The van der Waals surface area contributed by atoms with Gasteiger partial charge in [-0.3, -0.25) is 0 Å². The molecule has 1 aromatic rings. The van der Waals surface area contributed by atoms with Gasteiger partial charge in [-0.2, -0.15) is 0 Å². The van der Waals surface area contributed by atoms with E-state index < -0.39 is 0 Å². The largest absolute Gasteiger partial charge is 0.496 e. The molecule has 1 rings (SSSR count). The van der Waals surface area contributed by atoms with Crippen LogP contribution in [0.25, 0.3) is 0 Å². The van der Waals surface area contributed by atoms with Crippen LogP contribution in [-0.2, 0) is 0 Å². The maximum Gasteiger partial charge on any atom is 0.124 e. The van der Waals surface area contributed by atoms with Crippen molar-refractivity contribution < 1.29 is 9.84 Å². The standard InChI is InChI=1S/C14H22O2/c1-5-6-7-13(15)12-8-10(2)14(16-4)11(3)9-12/h8-9,13,15H,5-7H2,1-4H3. The molecule has 0 aromatic heterocycles. The van der Waals surface area contributed by atoms with Crippen molar-refractivity contribution in [2.45, 2.75) is 46.1 Å². The third-order valence-corrected chi connectivity index (χ3v) is 2.90. The monoisotopic (exact) mass is 222 g/mol. The van der Waals surface area contributed by atoms with E-state index in [9.17, 15) is 5.11 Å². The molecule has 0 heterocycles. The van der Waals surface area contributed by atoms with Gasteiger partial charge in [-0.25, -0.2) is 0 Å². The second kappa shape index (κ2) is 5.90. The first-order chi connectivity index (χ1) is 7.60. The number of aliphatic hydroxyl groups excluding tert-OH is 1. The van der Waals surface area contributed by atoms with Gasteiger partial charge >= 0.3 is 0 Å². The number of methoxy groups -OCH3 is 1. The number of benzene rings is 1. The fraction of sp³-hybridized carbons (Fsp3) is 0.571. The molecule has 1 unspecified atom stereocenters. The summed E-state index contributed by atoms with van der Waals surface area (Å²) in [5, 5.41) is 10.0. The first-order valence-electron chi connectivity index (χ1n) is 5.93. The summed E-state index contributed by atoms with van der Waals surface area (Å²) in [6.45, 7) is 6.17. The Morgan fingerprint density at radius 3 is 2.25 bits per heavy atom. The summed E-state index contributed by atoms with van der Waals surface area (Å²) in [6, 6.07) is 4.04. The average Bonchev–Trinajstić information content (AvgIpc) is 2.25. The molecule has 0 spiro atoms. The predicted octanol–water partition coefficient (Wildman–Crippen LogP) is 3.54. The highest BCUT2D eigenvalue weighted by Crippen LogP contribution is 2.28. The quantitative estimate of drug-likeness (QED) is 0.825. The van der Waals surface area contributed by atoms with Crippen molar-refractivity contribution in [2.24, 2.45) is 0 Å². The molecular weight excluding hydrogens is 200 g/mol. The van der Waals surface area contributed by atoms with E-state index in [1.807, 2.05) is 26.0 Å². The van der Waals surface area contributed by atoms with E-state index in [4.69, 9.17) is 4.74 Å². The van der Waals surface area contributed by atoms with Gasteiger partial charge in [0.25, 0.3) is 0 Å². The number of hydrogen-bond acceptors (Lipinski definition) is 2. The van der Waals surface area contributed by atoms with Crippen LogP contribution in [0.3, 0.4) is 0 Å². The van der Waals surface area contributed by atoms with Gasteiger partial charge in [0.15, 0.2) is 0 Å². The number of unbranched alkanes of at least 4 members (excludes halogenated alkanes) is 1. The van der Waals surface area contributed by atoms with Crippen LogP contribution < -0.4 is 4.74 Å². The molecule has 0 aliphatic carbocycles. The topological polar surface area (TPSA) is 29.5 Å². The number of aliphatic hydroxyl groups is 1. The van der Waals surface area contributed by atoms with Crippen molar-refractivity contribution >= 4 is 0 Å². The summed E-state index contributed by atoms with van der Waals surface area (Å²) >= 11 is 0. The Hall–Kier alpha value is -1.02. The Kier molecular flexibility index (Phi) is 4.81. The normalized spacial score (nSPS) is 12.6. The van der Waals surface area contributed by atoms with Crippen molar-refractivity contribution in [3.8, 4) is 5.75 Å². The molecule has 0 aliphatic heterocycles. The Bertz CT molecular complexity index is 322. The fourth-order valence-electron chi connectivity index (χ4n) is 2.06. The van der Waals surface area contributed by atoms with Crippen molar-refractivity contribution in [1.82, 2.24) is 0 Å². The third-order valence-electron chi connectivity index (χ3n) is 2.90. The number of ether oxygens (including phenoxy) is 1. The van der Waals surface area contributed by atoms with Crippen LogP contribution in [-0.4, -0.2) is 12.2 Å². The smallest absolute Gasteiger partial charge is 0.124 e. The third kappa shape index (κ3) is 2.99. The van der Waals surface area contributed by atoms with Crippen LogP contribution in [0.2, 0.25) is 0 Å². The van der Waals surface area contributed by atoms with Gasteiger partial charge in [0.2, 0.25) is 0 Å². The minimum Gasteiger partial charge on any atom is -0.496 e. The summed E-state index contributed by atoms with van der Waals surface area (Å²) in [5.41, 5.74) is 3.19. The zero-order valence-electron chi connectivity index (χ0n) is 10.7. The zero-order chi connectivity index (χ0) is 12.1. The molecule has 16 heavy (non-hydrogen) atoms. The van der Waals surface area contributed by atoms with Crippen LogP contribution in [0.1, 0.15) is 49.0 Å². The Morgan fingerprint density at radius 1 is 1.25 bits per heavy atom. The molecule has 2 nitrogen and oxygen atoms in total. The zero-order valence-corrected chi connectivity index (χ0v) is 10.7. The second-order valence-electron chi connectivity index (χ2n) is 4.35. The molecule has 2 heteroatoms. The SMILES string of the molecule is CCCCC(O)c1cc(C)c(OC)c(C)c1. The van der Waals surface area contributed by atoms with Crippen LogP contribution in [0, 0.1) is 13.8 Å². The fourth-order valence-corrected chi connectivity index (χ4v) is 2.06. The van der Waals surface area contributed by atoms with Crippen LogP contribution >= 0.6 is 0 Å². The molecule has 0 saturated carbocycles. The summed E-state index contributed by atoms with van der Waals surface area (Å²) in [4.78, 5) is 0. The van der Waals surface area contributed by atoms with Gasteiger partial charge in [-0.05, 0) is 49.1 Å². The maximum atomic E-state index is 10.0. The van der Waals surface area contributed by atoms with Crippen LogP contribution in [0.5, 0.6) is 5.75 Å². The minimum absolute atomic E-state index is 0.344. The summed E-state index contributed by atoms with van der Waals surface area (Å²) in [5.74, 6) is 0.923. The predicted molar refractivity (Wildman–Crippen MR) is 67.0 cm³/mol. The van der Waals surface area contributed by atoms with Gasteiger partial charge in [0.1, 0.15) is 5.75 Å². The second-order valence-corrected chi connectivity index (χ2v) is 4.35. The highest BCUT2D eigenvalue weighted by Gasteiger charge is 2.11. The summed E-state index contributed by atoms with van der Waals surface area (Å²) < 4.78 is 5.31. The van der Waals surface area contributed by atoms with E-state index in [0.717, 1.165) is 41.7 Å². The molecule has 0 aliphatic rings. The van der Waals surface area contributed by atoms with Gasteiger partial charge < -0.3 is 9.84 Å². The minimum atomic E-state index is -0.344. The lowest BCUT2D eigenvalue weighted by molar-refractivity contribution is 0.164. The van der Waals surface area contributed by atoms with Gasteiger partial charge in [0.05, 0.1) is 13.2 Å². The summed E-state index contributed by atoms with van der Waals surface area (Å²) in [7, 11) is 1.68. The lowest BCUT2D eigenvalue weighted by Gasteiger charge is -2.15. The highest BCUT2D eigenvalue weighted by molar-refractivity contribution is 5.43. The lowest BCUT2D eigenvalue weighted by atomic mass is 9.99. The van der Waals surface area contributed by atoms with E-state index in [-0.39, 0.29) is 6.10 Å². The molecule has 0 saturated heterocycles. The number of aryl methyl sites for hydroxylation is 2. The number of rotatable bonds is 5.